The third-order valence-electron chi connectivity index (χ3n) is 6.23. The molecule has 1 aliphatic heterocycles. The topological polar surface area (TPSA) is 49.9 Å². The van der Waals surface area contributed by atoms with Gasteiger partial charge in [0.05, 0.1) is 7.11 Å². The van der Waals surface area contributed by atoms with Gasteiger partial charge in [-0.2, -0.15) is 0 Å². The van der Waals surface area contributed by atoms with Crippen LogP contribution in [0.15, 0.2) is 48.5 Å². The summed E-state index contributed by atoms with van der Waals surface area (Å²) < 4.78 is 5.21. The summed E-state index contributed by atoms with van der Waals surface area (Å²) in [6.45, 7) is 5.03. The third-order valence-corrected chi connectivity index (χ3v) is 6.23. The summed E-state index contributed by atoms with van der Waals surface area (Å²) in [5, 5.41) is 0. The molecule has 0 radical (unpaired) electrons. The van der Waals surface area contributed by atoms with Gasteiger partial charge in [0.25, 0.3) is 5.91 Å². The zero-order valence-electron chi connectivity index (χ0n) is 17.8. The van der Waals surface area contributed by atoms with Crippen molar-refractivity contribution in [2.24, 2.45) is 11.8 Å². The number of methoxy groups -OCH3 is 1. The Bertz CT molecular complexity index is 888. The zero-order valence-corrected chi connectivity index (χ0v) is 17.8. The van der Waals surface area contributed by atoms with Crippen LogP contribution in [-0.4, -0.2) is 54.9 Å². The molecule has 1 aliphatic carbocycles. The Morgan fingerprint density at radius 3 is 2.20 bits per heavy atom. The molecular formula is C25H30N2O3. The number of hydrogen-bond acceptors (Lipinski definition) is 3. The van der Waals surface area contributed by atoms with Crippen LogP contribution in [0.5, 0.6) is 5.75 Å². The minimum absolute atomic E-state index is 0.0609. The molecule has 1 saturated heterocycles. The lowest BCUT2D eigenvalue weighted by Crippen LogP contribution is -2.37. The van der Waals surface area contributed by atoms with Crippen molar-refractivity contribution in [3.8, 4) is 16.9 Å². The zero-order chi connectivity index (χ0) is 21.1. The van der Waals surface area contributed by atoms with Crippen molar-refractivity contribution in [2.75, 3.05) is 33.3 Å². The normalized spacial score (nSPS) is 18.3. The maximum Gasteiger partial charge on any atom is 0.253 e. The number of nitrogens with zero attached hydrogens (tertiary/aromatic N) is 2. The largest absolute Gasteiger partial charge is 0.497 e. The molecule has 0 aromatic heterocycles. The Morgan fingerprint density at radius 1 is 1.00 bits per heavy atom. The van der Waals surface area contributed by atoms with E-state index in [0.717, 1.165) is 49.2 Å². The van der Waals surface area contributed by atoms with Crippen LogP contribution in [0.4, 0.5) is 0 Å². The van der Waals surface area contributed by atoms with Crippen molar-refractivity contribution >= 4 is 11.8 Å². The van der Waals surface area contributed by atoms with Gasteiger partial charge in [-0.25, -0.2) is 0 Å². The van der Waals surface area contributed by atoms with Gasteiger partial charge in [-0.15, -0.1) is 0 Å². The first-order chi connectivity index (χ1) is 14.6. The van der Waals surface area contributed by atoms with Crippen LogP contribution in [-0.2, 0) is 4.79 Å². The van der Waals surface area contributed by atoms with E-state index in [1.807, 2.05) is 65.3 Å². The maximum absolute atomic E-state index is 13.1. The monoisotopic (exact) mass is 406 g/mol. The predicted molar refractivity (Wildman–Crippen MR) is 117 cm³/mol. The van der Waals surface area contributed by atoms with E-state index in [1.165, 1.54) is 0 Å². The van der Waals surface area contributed by atoms with Crippen molar-refractivity contribution in [2.45, 2.75) is 26.2 Å². The van der Waals surface area contributed by atoms with E-state index >= 15 is 0 Å². The second kappa shape index (κ2) is 8.90. The molecule has 30 heavy (non-hydrogen) atoms. The lowest BCUT2D eigenvalue weighted by molar-refractivity contribution is -0.131. The van der Waals surface area contributed by atoms with Crippen molar-refractivity contribution < 1.29 is 14.3 Å². The second-order valence-electron chi connectivity index (χ2n) is 8.36. The van der Waals surface area contributed by atoms with Gasteiger partial charge in [0.15, 0.2) is 0 Å². The van der Waals surface area contributed by atoms with Crippen LogP contribution in [0.25, 0.3) is 11.1 Å². The van der Waals surface area contributed by atoms with Gasteiger partial charge in [0, 0.05) is 37.7 Å². The number of hydrogen-bond donors (Lipinski definition) is 0. The highest BCUT2D eigenvalue weighted by molar-refractivity contribution is 5.94. The minimum Gasteiger partial charge on any atom is -0.497 e. The maximum atomic E-state index is 13.1. The molecule has 0 spiro atoms. The molecule has 1 saturated carbocycles. The second-order valence-corrected chi connectivity index (χ2v) is 8.36. The first kappa shape index (κ1) is 20.5. The van der Waals surface area contributed by atoms with Gasteiger partial charge < -0.3 is 14.5 Å². The highest BCUT2D eigenvalue weighted by atomic mass is 16.5. The standard InChI is InChI=1S/C25H30N2O3/c1-3-26(16-18-14-15-27(17-18)25(29)22-8-9-22)24(28)21-6-4-19(5-7-21)20-10-12-23(30-2)13-11-20/h4-7,10-13,18,22H,3,8-9,14-17H2,1-2H3/t18-/m0/s1. The van der Waals surface area contributed by atoms with Gasteiger partial charge in [0.1, 0.15) is 5.75 Å². The molecule has 4 rings (SSSR count). The number of benzene rings is 2. The van der Waals surface area contributed by atoms with Crippen LogP contribution >= 0.6 is 0 Å². The Balaban J connectivity index is 1.37. The first-order valence-corrected chi connectivity index (χ1v) is 10.9. The summed E-state index contributed by atoms with van der Waals surface area (Å²) in [4.78, 5) is 29.3. The summed E-state index contributed by atoms with van der Waals surface area (Å²) in [7, 11) is 1.66. The Hall–Kier alpha value is -2.82. The van der Waals surface area contributed by atoms with E-state index in [-0.39, 0.29) is 11.8 Å². The molecule has 5 nitrogen and oxygen atoms in total. The Labute approximate surface area is 178 Å². The van der Waals surface area contributed by atoms with Crippen molar-refractivity contribution in [3.05, 3.63) is 54.1 Å². The molecule has 2 aromatic rings. The van der Waals surface area contributed by atoms with Crippen LogP contribution in [0.2, 0.25) is 0 Å². The number of carbonyl (C=O) groups is 2. The average molecular weight is 407 g/mol. The fourth-order valence-electron chi connectivity index (χ4n) is 4.21. The summed E-state index contributed by atoms with van der Waals surface area (Å²) in [6.07, 6.45) is 3.08. The number of carbonyl (C=O) groups excluding carboxylic acids is 2. The predicted octanol–water partition coefficient (Wildman–Crippen LogP) is 4.08. The molecule has 2 aromatic carbocycles. The first-order valence-electron chi connectivity index (χ1n) is 10.9. The quantitative estimate of drug-likeness (QED) is 0.696. The van der Waals surface area contributed by atoms with E-state index in [9.17, 15) is 9.59 Å². The molecule has 158 valence electrons. The highest BCUT2D eigenvalue weighted by Gasteiger charge is 2.37. The van der Waals surface area contributed by atoms with Gasteiger partial charge in [0.2, 0.25) is 5.91 Å². The smallest absolute Gasteiger partial charge is 0.253 e. The number of rotatable bonds is 7. The highest BCUT2D eigenvalue weighted by Crippen LogP contribution is 2.33. The Kier molecular flexibility index (Phi) is 6.07. The Morgan fingerprint density at radius 2 is 1.63 bits per heavy atom. The summed E-state index contributed by atoms with van der Waals surface area (Å²) in [6, 6.07) is 15.7. The van der Waals surface area contributed by atoms with Crippen molar-refractivity contribution in [1.82, 2.24) is 9.80 Å². The molecule has 2 fully saturated rings. The number of amides is 2. The van der Waals surface area contributed by atoms with Crippen LogP contribution in [0.1, 0.15) is 36.5 Å². The van der Waals surface area contributed by atoms with Crippen LogP contribution < -0.4 is 4.74 Å². The third kappa shape index (κ3) is 4.50. The van der Waals surface area contributed by atoms with Gasteiger partial charge in [-0.1, -0.05) is 24.3 Å². The molecule has 0 unspecified atom stereocenters. The molecule has 1 atom stereocenters. The van der Waals surface area contributed by atoms with E-state index in [2.05, 4.69) is 0 Å². The molecule has 2 aliphatic rings. The summed E-state index contributed by atoms with van der Waals surface area (Å²) in [5.41, 5.74) is 2.87. The van der Waals surface area contributed by atoms with E-state index < -0.39 is 0 Å². The molecule has 1 heterocycles. The molecule has 2 amide bonds. The number of likely N-dealkylation sites (tertiary alicyclic amines) is 1. The van der Waals surface area contributed by atoms with Crippen LogP contribution in [0, 0.1) is 11.8 Å². The average Bonchev–Trinajstić information content (AvgIpc) is 3.55. The van der Waals surface area contributed by atoms with Gasteiger partial charge >= 0.3 is 0 Å². The van der Waals surface area contributed by atoms with Crippen molar-refractivity contribution in [3.63, 3.8) is 0 Å². The van der Waals surface area contributed by atoms with Crippen LogP contribution in [0.3, 0.4) is 0 Å². The van der Waals surface area contributed by atoms with E-state index in [4.69, 9.17) is 4.74 Å². The molecule has 0 bridgehead atoms. The fourth-order valence-corrected chi connectivity index (χ4v) is 4.21. The molecular weight excluding hydrogens is 376 g/mol. The van der Waals surface area contributed by atoms with Gasteiger partial charge in [-0.3, -0.25) is 9.59 Å². The lowest BCUT2D eigenvalue weighted by Gasteiger charge is -2.25. The molecule has 5 heteroatoms. The minimum atomic E-state index is 0.0609. The summed E-state index contributed by atoms with van der Waals surface area (Å²) in [5.74, 6) is 1.85. The van der Waals surface area contributed by atoms with Crippen molar-refractivity contribution in [1.29, 1.82) is 0 Å². The number of ether oxygens (including phenoxy) is 1. The SMILES string of the molecule is CCN(C[C@@H]1CCN(C(=O)C2CC2)C1)C(=O)c1ccc(-c2ccc(OC)cc2)cc1. The van der Waals surface area contributed by atoms with Gasteiger partial charge in [-0.05, 0) is 67.5 Å². The van der Waals surface area contributed by atoms with E-state index in [0.29, 0.717) is 30.5 Å². The lowest BCUT2D eigenvalue weighted by atomic mass is 10.0. The fraction of sp³-hybridized carbons (Fsp3) is 0.440. The van der Waals surface area contributed by atoms with E-state index in [1.54, 1.807) is 7.11 Å². The molecule has 0 N–H and O–H groups in total. The summed E-state index contributed by atoms with van der Waals surface area (Å²) >= 11 is 0.